The molecule has 0 unspecified atom stereocenters. The Labute approximate surface area is 115 Å². The third-order valence-electron chi connectivity index (χ3n) is 2.00. The molecule has 20 heavy (non-hydrogen) atoms. The van der Waals surface area contributed by atoms with Gasteiger partial charge in [0, 0.05) is 18.4 Å². The molecule has 0 heterocycles. The maximum Gasteiger partial charge on any atom is 0.441 e. The lowest BCUT2D eigenvalue weighted by molar-refractivity contribution is -0.0327. The predicted octanol–water partition coefficient (Wildman–Crippen LogP) is 2.08. The fourth-order valence-electron chi connectivity index (χ4n) is 1.17. The van der Waals surface area contributed by atoms with E-state index < -0.39 is 61.8 Å². The van der Waals surface area contributed by atoms with Gasteiger partial charge in [0.05, 0.1) is 5.69 Å². The Morgan fingerprint density at radius 3 is 2.35 bits per heavy atom. The number of thioether (sulfide) groups is 1. The van der Waals surface area contributed by atoms with Crippen molar-refractivity contribution >= 4 is 27.5 Å². The van der Waals surface area contributed by atoms with Crippen molar-refractivity contribution < 1.29 is 30.4 Å². The molecule has 11 heteroatoms. The number of nitrogen functional groups attached to an aromatic ring is 1. The summed E-state index contributed by atoms with van der Waals surface area (Å²) in [4.78, 5) is -0.923. The van der Waals surface area contributed by atoms with E-state index in [-0.39, 0.29) is 6.07 Å². The molecule has 0 aliphatic carbocycles. The van der Waals surface area contributed by atoms with Crippen LogP contribution in [0.3, 0.4) is 0 Å². The van der Waals surface area contributed by atoms with Crippen LogP contribution >= 0.6 is 11.8 Å². The molecule has 1 rings (SSSR count). The third-order valence-corrected chi connectivity index (χ3v) is 4.21. The van der Waals surface area contributed by atoms with E-state index in [4.69, 9.17) is 5.73 Å². The molecule has 3 N–H and O–H groups in total. The van der Waals surface area contributed by atoms with Gasteiger partial charge in [-0.1, -0.05) is 0 Å². The zero-order valence-electron chi connectivity index (χ0n) is 9.67. The van der Waals surface area contributed by atoms with Crippen LogP contribution in [0.15, 0.2) is 17.0 Å². The van der Waals surface area contributed by atoms with Crippen molar-refractivity contribution in [3.05, 3.63) is 23.8 Å². The minimum Gasteiger partial charge on any atom is -0.396 e. The Kier molecular flexibility index (Phi) is 5.21. The van der Waals surface area contributed by atoms with E-state index >= 15 is 0 Å². The van der Waals surface area contributed by atoms with E-state index in [0.717, 1.165) is 0 Å². The van der Waals surface area contributed by atoms with Crippen LogP contribution in [0.2, 0.25) is 0 Å². The third kappa shape index (κ3) is 4.80. The highest BCUT2D eigenvalue weighted by molar-refractivity contribution is 8.00. The molecule has 0 fully saturated rings. The maximum atomic E-state index is 13.3. The number of rotatable bonds is 5. The molecule has 0 atom stereocenters. The molecular weight excluding hydrogens is 327 g/mol. The Balaban J connectivity index is 2.77. The standard InChI is InChI=1S/C9H9F5N2O2S2/c10-5-3-6(11)8(4-7(5)15)20(17,18)16-1-2-19-9(12,13)14/h3-4,16H,1-2,15H2. The number of hydrogen-bond acceptors (Lipinski definition) is 4. The summed E-state index contributed by atoms with van der Waals surface area (Å²) in [6.07, 6.45) is 0. The molecule has 0 saturated carbocycles. The second-order valence-electron chi connectivity index (χ2n) is 3.50. The molecule has 0 aromatic heterocycles. The van der Waals surface area contributed by atoms with Crippen LogP contribution in [0.25, 0.3) is 0 Å². The largest absolute Gasteiger partial charge is 0.441 e. The first-order valence-corrected chi connectivity index (χ1v) is 7.44. The summed E-state index contributed by atoms with van der Waals surface area (Å²) in [6, 6.07) is 0.845. The van der Waals surface area contributed by atoms with E-state index in [1.807, 2.05) is 0 Å². The molecular formula is C9H9F5N2O2S2. The van der Waals surface area contributed by atoms with Crippen molar-refractivity contribution in [2.75, 3.05) is 18.0 Å². The summed E-state index contributed by atoms with van der Waals surface area (Å²) in [5.41, 5.74) is 0.0356. The first-order valence-electron chi connectivity index (χ1n) is 4.98. The Morgan fingerprint density at radius 2 is 1.80 bits per heavy atom. The van der Waals surface area contributed by atoms with Gasteiger partial charge in [0.2, 0.25) is 10.0 Å². The van der Waals surface area contributed by atoms with Gasteiger partial charge in [-0.25, -0.2) is 21.9 Å². The number of anilines is 1. The summed E-state index contributed by atoms with van der Waals surface area (Å²) in [5.74, 6) is -3.09. The number of benzene rings is 1. The lowest BCUT2D eigenvalue weighted by Crippen LogP contribution is -2.27. The van der Waals surface area contributed by atoms with Gasteiger partial charge in [-0.2, -0.15) is 13.2 Å². The number of nitrogens with two attached hydrogens (primary N) is 1. The molecule has 114 valence electrons. The summed E-state index contributed by atoms with van der Waals surface area (Å²) in [7, 11) is -4.40. The number of halogens is 5. The van der Waals surface area contributed by atoms with Crippen LogP contribution in [0.5, 0.6) is 0 Å². The number of hydrogen-bond donors (Lipinski definition) is 2. The molecule has 1 aromatic carbocycles. The van der Waals surface area contributed by atoms with Crippen LogP contribution < -0.4 is 10.5 Å². The fourth-order valence-corrected chi connectivity index (χ4v) is 2.86. The van der Waals surface area contributed by atoms with E-state index in [2.05, 4.69) is 0 Å². The first-order chi connectivity index (χ1) is 9.03. The van der Waals surface area contributed by atoms with Crippen molar-refractivity contribution in [3.8, 4) is 0 Å². The number of alkyl halides is 3. The van der Waals surface area contributed by atoms with Crippen molar-refractivity contribution in [1.29, 1.82) is 0 Å². The number of nitrogens with one attached hydrogen (secondary N) is 1. The second-order valence-corrected chi connectivity index (χ2v) is 6.39. The lowest BCUT2D eigenvalue weighted by Gasteiger charge is -2.09. The van der Waals surface area contributed by atoms with Gasteiger partial charge in [-0.05, 0) is 17.8 Å². The summed E-state index contributed by atoms with van der Waals surface area (Å²) in [5, 5.41) is 0. The fraction of sp³-hybridized carbons (Fsp3) is 0.333. The molecule has 0 aliphatic rings. The van der Waals surface area contributed by atoms with Gasteiger partial charge in [0.1, 0.15) is 16.5 Å². The van der Waals surface area contributed by atoms with Gasteiger partial charge >= 0.3 is 5.51 Å². The van der Waals surface area contributed by atoms with Gasteiger partial charge in [0.25, 0.3) is 0 Å². The van der Waals surface area contributed by atoms with Crippen molar-refractivity contribution in [1.82, 2.24) is 4.72 Å². The average molecular weight is 336 g/mol. The maximum absolute atomic E-state index is 13.3. The van der Waals surface area contributed by atoms with Gasteiger partial charge in [-0.3, -0.25) is 0 Å². The van der Waals surface area contributed by atoms with Crippen molar-refractivity contribution in [2.24, 2.45) is 0 Å². The Morgan fingerprint density at radius 1 is 1.20 bits per heavy atom. The molecule has 0 radical (unpaired) electrons. The average Bonchev–Trinajstić information content (AvgIpc) is 2.28. The molecule has 0 spiro atoms. The number of sulfonamides is 1. The molecule has 0 amide bonds. The van der Waals surface area contributed by atoms with Crippen LogP contribution in [0, 0.1) is 11.6 Å². The molecule has 0 saturated heterocycles. The lowest BCUT2D eigenvalue weighted by atomic mass is 10.3. The van der Waals surface area contributed by atoms with E-state index in [0.29, 0.717) is 6.07 Å². The molecule has 0 aliphatic heterocycles. The second kappa shape index (κ2) is 6.14. The monoisotopic (exact) mass is 336 g/mol. The van der Waals surface area contributed by atoms with E-state index in [1.165, 1.54) is 0 Å². The predicted molar refractivity (Wildman–Crippen MR) is 64.5 cm³/mol. The van der Waals surface area contributed by atoms with Crippen LogP contribution in [-0.2, 0) is 10.0 Å². The first kappa shape index (κ1) is 17.0. The van der Waals surface area contributed by atoms with Crippen LogP contribution in [-0.4, -0.2) is 26.2 Å². The molecule has 4 nitrogen and oxygen atoms in total. The highest BCUT2D eigenvalue weighted by Crippen LogP contribution is 2.29. The SMILES string of the molecule is Nc1cc(S(=O)(=O)NCCSC(F)(F)F)c(F)cc1F. The normalized spacial score (nSPS) is 12.7. The highest BCUT2D eigenvalue weighted by Gasteiger charge is 2.28. The molecule has 0 bridgehead atoms. The molecule has 1 aromatic rings. The van der Waals surface area contributed by atoms with Crippen LogP contribution in [0.4, 0.5) is 27.6 Å². The minimum absolute atomic E-state index is 0.286. The quantitative estimate of drug-likeness (QED) is 0.491. The van der Waals surface area contributed by atoms with E-state index in [9.17, 15) is 30.4 Å². The minimum atomic E-state index is -4.49. The highest BCUT2D eigenvalue weighted by atomic mass is 32.2. The van der Waals surface area contributed by atoms with E-state index in [1.54, 1.807) is 4.72 Å². The van der Waals surface area contributed by atoms with Gasteiger partial charge in [0.15, 0.2) is 0 Å². The van der Waals surface area contributed by atoms with Gasteiger partial charge in [-0.15, -0.1) is 0 Å². The van der Waals surface area contributed by atoms with Crippen molar-refractivity contribution in [3.63, 3.8) is 0 Å². The topological polar surface area (TPSA) is 72.2 Å². The Bertz CT molecular complexity index is 589. The van der Waals surface area contributed by atoms with Gasteiger partial charge < -0.3 is 5.73 Å². The smallest absolute Gasteiger partial charge is 0.396 e. The van der Waals surface area contributed by atoms with Crippen molar-refractivity contribution in [2.45, 2.75) is 10.4 Å². The summed E-state index contributed by atoms with van der Waals surface area (Å²) in [6.45, 7) is -0.566. The zero-order chi connectivity index (χ0) is 15.6. The zero-order valence-corrected chi connectivity index (χ0v) is 11.3. The summed E-state index contributed by atoms with van der Waals surface area (Å²) < 4.78 is 86.7. The van der Waals surface area contributed by atoms with Crippen LogP contribution in [0.1, 0.15) is 0 Å². The Hall–Kier alpha value is -1.07. The summed E-state index contributed by atoms with van der Waals surface area (Å²) >= 11 is -0.426.